The van der Waals surface area contributed by atoms with Crippen LogP contribution in [0.5, 0.6) is 0 Å². The van der Waals surface area contributed by atoms with Crippen molar-refractivity contribution in [1.82, 2.24) is 10.6 Å². The molecule has 2 aliphatic heterocycles. The summed E-state index contributed by atoms with van der Waals surface area (Å²) in [6, 6.07) is 1.25. The van der Waals surface area contributed by atoms with Gasteiger partial charge >= 0.3 is 24.3 Å². The van der Waals surface area contributed by atoms with Gasteiger partial charge in [0, 0.05) is 25.2 Å². The monoisotopic (exact) mass is 352 g/mol. The predicted molar refractivity (Wildman–Crippen MR) is 64.7 cm³/mol. The Hall–Kier alpha value is -1.82. The number of alkyl halides is 6. The summed E-state index contributed by atoms with van der Waals surface area (Å²) in [5.41, 5.74) is 1.38. The molecule has 2 heterocycles. The number of carboxylic acid groups (broad SMARTS) is 2. The fourth-order valence-electron chi connectivity index (χ4n) is 1.66. The van der Waals surface area contributed by atoms with Gasteiger partial charge in [-0.1, -0.05) is 12.2 Å². The molecule has 0 aromatic heterocycles. The molecular formula is C11H14F6N2O4. The Morgan fingerprint density at radius 2 is 1.39 bits per heavy atom. The van der Waals surface area contributed by atoms with E-state index in [4.69, 9.17) is 19.8 Å². The van der Waals surface area contributed by atoms with Gasteiger partial charge in [-0.25, -0.2) is 9.59 Å². The van der Waals surface area contributed by atoms with Crippen molar-refractivity contribution in [2.75, 3.05) is 13.1 Å². The number of hydrogen-bond donors (Lipinski definition) is 4. The summed E-state index contributed by atoms with van der Waals surface area (Å²) in [7, 11) is 0. The van der Waals surface area contributed by atoms with Crippen LogP contribution in [0.4, 0.5) is 26.3 Å². The van der Waals surface area contributed by atoms with Gasteiger partial charge in [-0.3, -0.25) is 0 Å². The van der Waals surface area contributed by atoms with Gasteiger partial charge in [-0.05, 0) is 6.42 Å². The maximum Gasteiger partial charge on any atom is 0.490 e. The molecule has 23 heavy (non-hydrogen) atoms. The number of hydrogen-bond acceptors (Lipinski definition) is 4. The van der Waals surface area contributed by atoms with Gasteiger partial charge in [0.2, 0.25) is 0 Å². The summed E-state index contributed by atoms with van der Waals surface area (Å²) in [5, 5.41) is 21.1. The first-order chi connectivity index (χ1) is 10.2. The Morgan fingerprint density at radius 3 is 1.65 bits per heavy atom. The van der Waals surface area contributed by atoms with E-state index in [1.54, 1.807) is 0 Å². The number of carbonyl (C=O) groups is 2. The van der Waals surface area contributed by atoms with E-state index in [-0.39, 0.29) is 0 Å². The van der Waals surface area contributed by atoms with Gasteiger partial charge in [0.25, 0.3) is 0 Å². The molecule has 2 aliphatic rings. The summed E-state index contributed by atoms with van der Waals surface area (Å²) in [5.74, 6) is -5.51. The average Bonchev–Trinajstić information content (AvgIpc) is 2.62. The SMILES string of the molecule is C=C1CC2CNCC1N2.O=C(O)C(F)(F)F.O=C(O)C(F)(F)F. The number of rotatable bonds is 0. The maximum atomic E-state index is 10.6. The highest BCUT2D eigenvalue weighted by Gasteiger charge is 2.38. The summed E-state index contributed by atoms with van der Waals surface area (Å²) in [6.07, 6.45) is -8.99. The van der Waals surface area contributed by atoms with Crippen molar-refractivity contribution in [3.05, 3.63) is 12.2 Å². The van der Waals surface area contributed by atoms with Crippen LogP contribution < -0.4 is 10.6 Å². The van der Waals surface area contributed by atoms with Gasteiger partial charge in [0.15, 0.2) is 0 Å². The minimum Gasteiger partial charge on any atom is -0.475 e. The van der Waals surface area contributed by atoms with E-state index in [2.05, 4.69) is 17.2 Å². The van der Waals surface area contributed by atoms with Gasteiger partial charge in [-0.15, -0.1) is 0 Å². The molecule has 0 amide bonds. The minimum atomic E-state index is -5.08. The van der Waals surface area contributed by atoms with Crippen LogP contribution in [0, 0.1) is 0 Å². The Bertz CT molecular complexity index is 425. The van der Waals surface area contributed by atoms with Gasteiger partial charge in [0.1, 0.15) is 0 Å². The van der Waals surface area contributed by atoms with Crippen molar-refractivity contribution in [2.45, 2.75) is 30.9 Å². The first-order valence-corrected chi connectivity index (χ1v) is 5.99. The molecule has 4 N–H and O–H groups in total. The number of nitrogens with one attached hydrogen (secondary N) is 2. The highest BCUT2D eigenvalue weighted by Crippen LogP contribution is 2.19. The molecule has 12 heteroatoms. The zero-order chi connectivity index (χ0) is 18.4. The van der Waals surface area contributed by atoms with Crippen molar-refractivity contribution >= 4 is 11.9 Å². The van der Waals surface area contributed by atoms with E-state index in [1.165, 1.54) is 12.0 Å². The van der Waals surface area contributed by atoms with Crippen molar-refractivity contribution < 1.29 is 46.1 Å². The number of halogens is 6. The average molecular weight is 352 g/mol. The second kappa shape index (κ2) is 8.15. The highest BCUT2D eigenvalue weighted by atomic mass is 19.4. The van der Waals surface area contributed by atoms with Crippen LogP contribution in [-0.4, -0.2) is 59.7 Å². The largest absolute Gasteiger partial charge is 0.490 e. The summed E-state index contributed by atoms with van der Waals surface area (Å²) in [4.78, 5) is 17.8. The van der Waals surface area contributed by atoms with Crippen molar-refractivity contribution in [1.29, 1.82) is 0 Å². The predicted octanol–water partition coefficient (Wildman–Crippen LogP) is 1.14. The molecule has 0 aromatic rings. The van der Waals surface area contributed by atoms with E-state index >= 15 is 0 Å². The van der Waals surface area contributed by atoms with Crippen LogP contribution in [0.15, 0.2) is 12.2 Å². The lowest BCUT2D eigenvalue weighted by atomic mass is 10.1. The molecule has 0 radical (unpaired) electrons. The van der Waals surface area contributed by atoms with E-state index in [0.717, 1.165) is 13.1 Å². The lowest BCUT2D eigenvalue weighted by molar-refractivity contribution is -0.193. The van der Waals surface area contributed by atoms with Gasteiger partial charge < -0.3 is 20.8 Å². The highest BCUT2D eigenvalue weighted by molar-refractivity contribution is 5.73. The van der Waals surface area contributed by atoms with E-state index < -0.39 is 24.3 Å². The third kappa shape index (κ3) is 8.40. The first-order valence-electron chi connectivity index (χ1n) is 5.99. The zero-order valence-electron chi connectivity index (χ0n) is 11.5. The third-order valence-electron chi connectivity index (χ3n) is 2.66. The third-order valence-corrected chi connectivity index (χ3v) is 2.66. The summed E-state index contributed by atoms with van der Waals surface area (Å²) < 4.78 is 63.5. The van der Waals surface area contributed by atoms with E-state index in [0.29, 0.717) is 12.1 Å². The molecular weight excluding hydrogens is 338 g/mol. The van der Waals surface area contributed by atoms with Crippen LogP contribution in [0.2, 0.25) is 0 Å². The first kappa shape index (κ1) is 21.2. The van der Waals surface area contributed by atoms with E-state index in [9.17, 15) is 26.3 Å². The van der Waals surface area contributed by atoms with Crippen LogP contribution in [0.25, 0.3) is 0 Å². The van der Waals surface area contributed by atoms with E-state index in [1.807, 2.05) is 0 Å². The number of carboxylic acids is 2. The fraction of sp³-hybridized carbons (Fsp3) is 0.636. The molecule has 2 rings (SSSR count). The lowest BCUT2D eigenvalue weighted by Gasteiger charge is -2.21. The molecule has 2 saturated heterocycles. The van der Waals surface area contributed by atoms with Crippen molar-refractivity contribution in [3.8, 4) is 0 Å². The molecule has 0 spiro atoms. The lowest BCUT2D eigenvalue weighted by Crippen LogP contribution is -2.48. The molecule has 0 aromatic carbocycles. The molecule has 2 unspecified atom stereocenters. The number of fused-ring (bicyclic) bond motifs is 2. The Balaban J connectivity index is 0.000000322. The van der Waals surface area contributed by atoms with Crippen LogP contribution in [0.1, 0.15) is 6.42 Å². The fourth-order valence-corrected chi connectivity index (χ4v) is 1.66. The van der Waals surface area contributed by atoms with Crippen LogP contribution in [-0.2, 0) is 9.59 Å². The van der Waals surface area contributed by atoms with Crippen LogP contribution in [0.3, 0.4) is 0 Å². The molecule has 0 saturated carbocycles. The minimum absolute atomic E-state index is 0.573. The Labute approximate surface area is 126 Å². The Morgan fingerprint density at radius 1 is 1.00 bits per heavy atom. The summed E-state index contributed by atoms with van der Waals surface area (Å²) in [6.45, 7) is 6.19. The molecule has 0 aliphatic carbocycles. The normalized spacial score (nSPS) is 23.1. The zero-order valence-corrected chi connectivity index (χ0v) is 11.5. The standard InChI is InChI=1S/C7H12N2.2C2HF3O2/c1-5-2-6-3-8-4-7(5)9-6;2*3-2(4,5)1(6)7/h6-9H,1-4H2;2*(H,6,7). The smallest absolute Gasteiger partial charge is 0.475 e. The second-order valence-corrected chi connectivity index (χ2v) is 4.54. The molecule has 6 nitrogen and oxygen atoms in total. The van der Waals surface area contributed by atoms with Crippen molar-refractivity contribution in [3.63, 3.8) is 0 Å². The van der Waals surface area contributed by atoms with Crippen LogP contribution >= 0.6 is 0 Å². The summed E-state index contributed by atoms with van der Waals surface area (Å²) >= 11 is 0. The maximum absolute atomic E-state index is 10.6. The molecule has 134 valence electrons. The number of piperazine rings is 1. The molecule has 2 atom stereocenters. The Kier molecular flexibility index (Phi) is 7.51. The topological polar surface area (TPSA) is 98.7 Å². The number of aliphatic carboxylic acids is 2. The molecule has 2 fully saturated rings. The van der Waals surface area contributed by atoms with Crippen molar-refractivity contribution in [2.24, 2.45) is 0 Å². The van der Waals surface area contributed by atoms with Gasteiger partial charge in [-0.2, -0.15) is 26.3 Å². The second-order valence-electron chi connectivity index (χ2n) is 4.54. The van der Waals surface area contributed by atoms with Gasteiger partial charge in [0.05, 0.1) is 0 Å². The quantitative estimate of drug-likeness (QED) is 0.386. The molecule has 2 bridgehead atoms.